The molecule has 1 aromatic carbocycles. The van der Waals surface area contributed by atoms with Crippen LogP contribution in [0.25, 0.3) is 5.57 Å². The number of rotatable bonds is 11. The fourth-order valence-electron chi connectivity index (χ4n) is 4.13. The number of terminal acetylenes is 1. The van der Waals surface area contributed by atoms with Crippen molar-refractivity contribution in [2.45, 2.75) is 74.3 Å². The highest BCUT2D eigenvalue weighted by Crippen LogP contribution is 2.22. The summed E-state index contributed by atoms with van der Waals surface area (Å²) in [4.78, 5) is 33.7. The number of hydrogen-bond donors (Lipinski definition) is 2. The predicted octanol–water partition coefficient (Wildman–Crippen LogP) is 6.46. The lowest BCUT2D eigenvalue weighted by Crippen LogP contribution is -2.28. The molecule has 3 rings (SSSR count). The van der Waals surface area contributed by atoms with E-state index in [-0.39, 0.29) is 17.1 Å². The summed E-state index contributed by atoms with van der Waals surface area (Å²) in [6.07, 6.45) is 16.0. The zero-order valence-electron chi connectivity index (χ0n) is 26.2. The molecule has 0 saturated heterocycles. The van der Waals surface area contributed by atoms with Crippen molar-refractivity contribution < 1.29 is 14.7 Å². The Bertz CT molecular complexity index is 1520. The zero-order chi connectivity index (χ0) is 32.4. The average molecular weight is 586 g/mol. The van der Waals surface area contributed by atoms with Gasteiger partial charge < -0.3 is 15.3 Å². The Morgan fingerprint density at radius 2 is 1.79 bits per heavy atom. The molecule has 1 amide bonds. The van der Waals surface area contributed by atoms with Crippen molar-refractivity contribution in [3.05, 3.63) is 98.9 Å². The zero-order valence-corrected chi connectivity index (χ0v) is 26.2. The molecule has 43 heavy (non-hydrogen) atoms. The molecule has 0 aliphatic rings. The van der Waals surface area contributed by atoms with Gasteiger partial charge >= 0.3 is 0 Å². The van der Waals surface area contributed by atoms with Crippen LogP contribution in [-0.2, 0) is 24.2 Å². The van der Waals surface area contributed by atoms with Gasteiger partial charge in [-0.05, 0) is 56.4 Å². The molecule has 0 fully saturated rings. The number of benzene rings is 1. The van der Waals surface area contributed by atoms with Gasteiger partial charge in [0.15, 0.2) is 5.84 Å². The van der Waals surface area contributed by atoms with E-state index in [0.717, 1.165) is 28.7 Å². The Balaban J connectivity index is 0.00000221. The molecule has 2 aromatic heterocycles. The van der Waals surface area contributed by atoms with Gasteiger partial charge in [-0.2, -0.15) is 0 Å². The largest absolute Gasteiger partial charge is 0.431 e. The molecule has 0 aliphatic carbocycles. The monoisotopic (exact) mass is 585 g/mol. The van der Waals surface area contributed by atoms with E-state index in [2.05, 4.69) is 35.2 Å². The molecule has 3 aromatic rings. The van der Waals surface area contributed by atoms with Gasteiger partial charge in [0.2, 0.25) is 18.0 Å². The summed E-state index contributed by atoms with van der Waals surface area (Å²) in [7, 11) is 0. The molecule has 2 heterocycles. The first-order valence-corrected chi connectivity index (χ1v) is 14.2. The number of pyridine rings is 1. The number of nitrogens with one attached hydrogen (secondary N) is 1. The van der Waals surface area contributed by atoms with Gasteiger partial charge in [0.05, 0.1) is 5.69 Å². The predicted molar refractivity (Wildman–Crippen MR) is 174 cm³/mol. The van der Waals surface area contributed by atoms with Crippen molar-refractivity contribution in [1.82, 2.24) is 19.9 Å². The molecule has 0 radical (unpaired) electrons. The summed E-state index contributed by atoms with van der Waals surface area (Å²) in [5.41, 5.74) is 4.55. The van der Waals surface area contributed by atoms with Gasteiger partial charge in [-0.1, -0.05) is 74.8 Å². The molecule has 2 N–H and O–H groups in total. The number of hydrogen-bond acceptors (Lipinski definition) is 7. The lowest BCUT2D eigenvalue weighted by Gasteiger charge is -2.17. The van der Waals surface area contributed by atoms with Crippen LogP contribution < -0.4 is 15.6 Å². The molecule has 0 bridgehead atoms. The highest BCUT2D eigenvalue weighted by molar-refractivity contribution is 6.06. The molecule has 0 atom stereocenters. The van der Waals surface area contributed by atoms with Crippen LogP contribution in [0, 0.1) is 19.8 Å². The third-order valence-corrected chi connectivity index (χ3v) is 6.11. The maximum atomic E-state index is 13.7. The average Bonchev–Trinajstić information content (AvgIpc) is 3.03. The summed E-state index contributed by atoms with van der Waals surface area (Å²) in [5, 5.41) is 15.0. The van der Waals surface area contributed by atoms with E-state index in [1.165, 1.54) is 0 Å². The lowest BCUT2D eigenvalue weighted by atomic mass is 9.99. The minimum Gasteiger partial charge on any atom is -0.431 e. The normalized spacial score (nSPS) is 11.4. The fraction of sp³-hybridized carbons (Fsp3) is 0.324. The molecule has 0 saturated carbocycles. The smallest absolute Gasteiger partial charge is 0.297 e. The summed E-state index contributed by atoms with van der Waals surface area (Å²) >= 11 is 0. The van der Waals surface area contributed by atoms with Gasteiger partial charge in [0, 0.05) is 30.8 Å². The molecule has 9 nitrogen and oxygen atoms in total. The Morgan fingerprint density at radius 1 is 1.12 bits per heavy atom. The van der Waals surface area contributed by atoms with Crippen LogP contribution in [0.4, 0.5) is 0 Å². The Kier molecular flexibility index (Phi) is 16.1. The first-order valence-electron chi connectivity index (χ1n) is 14.2. The summed E-state index contributed by atoms with van der Waals surface area (Å²) in [6.45, 7) is 14.2. The van der Waals surface area contributed by atoms with Crippen molar-refractivity contribution in [3.63, 3.8) is 0 Å². The van der Waals surface area contributed by atoms with E-state index in [4.69, 9.17) is 9.72 Å². The van der Waals surface area contributed by atoms with E-state index in [1.54, 1.807) is 29.0 Å². The molecular formula is C34H43N5O4. The van der Waals surface area contributed by atoms with Crippen LogP contribution in [0.5, 0.6) is 11.6 Å². The van der Waals surface area contributed by atoms with Crippen molar-refractivity contribution in [1.29, 1.82) is 0 Å². The van der Waals surface area contributed by atoms with Crippen LogP contribution in [-0.4, -0.2) is 32.0 Å². The minimum atomic E-state index is -0.240. The number of carbonyl (C=O) groups is 1. The summed E-state index contributed by atoms with van der Waals surface area (Å²) in [6, 6.07) is 11.0. The van der Waals surface area contributed by atoms with Gasteiger partial charge in [-0.3, -0.25) is 14.2 Å². The Labute approximate surface area is 255 Å². The molecule has 228 valence electrons. The first-order chi connectivity index (χ1) is 20.8. The third kappa shape index (κ3) is 10.1. The Morgan fingerprint density at radius 3 is 2.37 bits per heavy atom. The van der Waals surface area contributed by atoms with Gasteiger partial charge in [-0.25, -0.2) is 9.97 Å². The molecular weight excluding hydrogens is 542 g/mol. The Hall–Kier alpha value is -4.97. The quantitative estimate of drug-likeness (QED) is 0.0507. The van der Waals surface area contributed by atoms with Crippen LogP contribution in [0.15, 0.2) is 70.3 Å². The van der Waals surface area contributed by atoms with Crippen LogP contribution in [0.2, 0.25) is 0 Å². The maximum absolute atomic E-state index is 13.7. The SMILES string of the molecule is C#C.CC.CCCc1nc(CC)c(Oc2cc(C)ccn2)c(=O)n1C/C(C)=C/C=C(\C)c1ccccc1/C(=N/O)NC=O. The third-order valence-electron chi connectivity index (χ3n) is 6.11. The number of nitrogens with zero attached hydrogens (tertiary/aromatic N) is 4. The number of ether oxygens (including phenoxy) is 1. The molecule has 0 unspecified atom stereocenters. The van der Waals surface area contributed by atoms with Gasteiger partial charge in [-0.15, -0.1) is 12.8 Å². The second kappa shape index (κ2) is 19.2. The number of aryl methyl sites for hydroxylation is 3. The second-order valence-electron chi connectivity index (χ2n) is 9.19. The number of allylic oxidation sites excluding steroid dienone is 4. The number of aromatic nitrogens is 3. The number of carbonyl (C=O) groups excluding carboxylic acids is 1. The van der Waals surface area contributed by atoms with E-state index in [0.29, 0.717) is 48.8 Å². The van der Waals surface area contributed by atoms with Crippen molar-refractivity contribution in [2.24, 2.45) is 5.16 Å². The molecule has 0 aliphatic heterocycles. The van der Waals surface area contributed by atoms with Crippen molar-refractivity contribution in [3.8, 4) is 24.5 Å². The second-order valence-corrected chi connectivity index (χ2v) is 9.19. The van der Waals surface area contributed by atoms with Gasteiger partial charge in [0.25, 0.3) is 5.56 Å². The standard InChI is InChI=1S/C30H35N5O4.C2H6.C2H2/c1-6-10-26-33-25(7-2)28(39-27-17-20(3)15-16-31-27)30(37)35(26)18-21(4)13-14-22(5)23-11-8-9-12-24(23)29(34-38)32-19-36;2*1-2/h8-9,11-17,19,38H,6-7,10,18H2,1-5H3,(H,32,34,36);1-2H3;1-2H/b21-13+,22-14+;;. The van der Waals surface area contributed by atoms with Crippen LogP contribution >= 0.6 is 0 Å². The molecule has 9 heteroatoms. The van der Waals surface area contributed by atoms with Crippen LogP contribution in [0.1, 0.15) is 76.2 Å². The summed E-state index contributed by atoms with van der Waals surface area (Å²) < 4.78 is 7.66. The highest BCUT2D eigenvalue weighted by Gasteiger charge is 2.18. The van der Waals surface area contributed by atoms with E-state index in [1.807, 2.05) is 71.9 Å². The maximum Gasteiger partial charge on any atom is 0.297 e. The topological polar surface area (TPSA) is 119 Å². The van der Waals surface area contributed by atoms with E-state index < -0.39 is 0 Å². The van der Waals surface area contributed by atoms with Crippen molar-refractivity contribution >= 4 is 17.8 Å². The van der Waals surface area contributed by atoms with Gasteiger partial charge in [0.1, 0.15) is 5.82 Å². The van der Waals surface area contributed by atoms with Crippen LogP contribution in [0.3, 0.4) is 0 Å². The molecule has 0 spiro atoms. The van der Waals surface area contributed by atoms with E-state index in [9.17, 15) is 14.8 Å². The highest BCUT2D eigenvalue weighted by atomic mass is 16.5. The minimum absolute atomic E-state index is 0.0579. The van der Waals surface area contributed by atoms with Crippen molar-refractivity contribution in [2.75, 3.05) is 0 Å². The summed E-state index contributed by atoms with van der Waals surface area (Å²) in [5.74, 6) is 1.33. The fourth-order valence-corrected chi connectivity index (χ4v) is 4.13. The van der Waals surface area contributed by atoms with E-state index >= 15 is 0 Å². The number of oxime groups is 1. The number of amides is 1. The lowest BCUT2D eigenvalue weighted by molar-refractivity contribution is -0.108. The first kappa shape index (κ1) is 36.1. The number of amidine groups is 1.